The number of piperazine rings is 1. The zero-order chi connectivity index (χ0) is 11.5. The highest BCUT2D eigenvalue weighted by molar-refractivity contribution is 7.12. The number of hydrogen-bond donors (Lipinski definition) is 2. The Morgan fingerprint density at radius 1 is 1.44 bits per heavy atom. The second kappa shape index (κ2) is 4.82. The molecule has 1 amide bonds. The van der Waals surface area contributed by atoms with Crippen LogP contribution in [0.1, 0.15) is 9.67 Å². The molecule has 1 saturated heterocycles. The van der Waals surface area contributed by atoms with E-state index in [0.717, 1.165) is 26.2 Å². The minimum absolute atomic E-state index is 0.1000. The first-order valence-corrected chi connectivity index (χ1v) is 6.12. The van der Waals surface area contributed by atoms with E-state index in [2.05, 4.69) is 17.4 Å². The van der Waals surface area contributed by atoms with Crippen LogP contribution in [-0.4, -0.2) is 49.0 Å². The van der Waals surface area contributed by atoms with Crippen molar-refractivity contribution in [2.24, 2.45) is 0 Å². The van der Waals surface area contributed by atoms with Crippen LogP contribution in [0.15, 0.2) is 11.4 Å². The van der Waals surface area contributed by atoms with E-state index in [0.29, 0.717) is 10.6 Å². The molecule has 16 heavy (non-hydrogen) atoms. The summed E-state index contributed by atoms with van der Waals surface area (Å²) in [6.45, 7) is 3.65. The minimum atomic E-state index is -0.1000. The molecule has 1 aliphatic heterocycles. The Morgan fingerprint density at radius 2 is 2.12 bits per heavy atom. The van der Waals surface area contributed by atoms with Gasteiger partial charge in [0, 0.05) is 26.2 Å². The summed E-state index contributed by atoms with van der Waals surface area (Å²) in [5.74, 6) is -0.1000. The number of nitrogens with zero attached hydrogens (tertiary/aromatic N) is 2. The van der Waals surface area contributed by atoms with E-state index in [1.165, 1.54) is 11.3 Å². The molecule has 6 heteroatoms. The lowest BCUT2D eigenvalue weighted by Gasteiger charge is -2.32. The van der Waals surface area contributed by atoms with Crippen molar-refractivity contribution >= 4 is 22.9 Å². The molecule has 0 saturated carbocycles. The van der Waals surface area contributed by atoms with Gasteiger partial charge >= 0.3 is 0 Å². The lowest BCUT2D eigenvalue weighted by molar-refractivity contribution is 0.0667. The third-order valence-corrected chi connectivity index (χ3v) is 3.59. The fourth-order valence-corrected chi connectivity index (χ4v) is 2.32. The smallest absolute Gasteiger partial charge is 0.277 e. The van der Waals surface area contributed by atoms with Gasteiger partial charge in [0.2, 0.25) is 0 Å². The summed E-state index contributed by atoms with van der Waals surface area (Å²) in [5, 5.41) is 3.77. The van der Waals surface area contributed by atoms with Gasteiger partial charge in [0.1, 0.15) is 4.88 Å². The van der Waals surface area contributed by atoms with Crippen molar-refractivity contribution in [1.82, 2.24) is 15.3 Å². The fourth-order valence-electron chi connectivity index (χ4n) is 1.62. The Hall–Kier alpha value is -1.11. The molecule has 1 fully saturated rings. The van der Waals surface area contributed by atoms with Crippen molar-refractivity contribution < 1.29 is 4.79 Å². The van der Waals surface area contributed by atoms with Gasteiger partial charge in [-0.2, -0.15) is 0 Å². The second-order valence-corrected chi connectivity index (χ2v) is 4.85. The number of hydrogen-bond acceptors (Lipinski definition) is 5. The molecule has 1 aromatic heterocycles. The van der Waals surface area contributed by atoms with Gasteiger partial charge < -0.3 is 10.6 Å². The molecule has 5 nitrogen and oxygen atoms in total. The Balaban J connectivity index is 1.91. The molecule has 0 atom stereocenters. The molecule has 0 aliphatic carbocycles. The van der Waals surface area contributed by atoms with Crippen LogP contribution in [0.4, 0.5) is 5.69 Å². The van der Waals surface area contributed by atoms with Crippen molar-refractivity contribution in [3.63, 3.8) is 0 Å². The molecule has 0 unspecified atom stereocenters. The van der Waals surface area contributed by atoms with Gasteiger partial charge in [0.05, 0.1) is 5.69 Å². The predicted molar refractivity (Wildman–Crippen MR) is 65.3 cm³/mol. The standard InChI is InChI=1S/C10H16N4OS/c1-13-3-5-14(6-4-13)12-10(15)9-8(11)2-7-16-9/h2,7H,3-6,11H2,1H3,(H,12,15). The lowest BCUT2D eigenvalue weighted by Crippen LogP contribution is -2.52. The van der Waals surface area contributed by atoms with Gasteiger partial charge in [-0.25, -0.2) is 5.01 Å². The summed E-state index contributed by atoms with van der Waals surface area (Å²) in [6.07, 6.45) is 0. The number of carbonyl (C=O) groups excluding carboxylic acids is 1. The van der Waals surface area contributed by atoms with Crippen LogP contribution in [0.3, 0.4) is 0 Å². The molecule has 2 rings (SSSR count). The van der Waals surface area contributed by atoms with Crippen LogP contribution >= 0.6 is 11.3 Å². The molecule has 0 spiro atoms. The topological polar surface area (TPSA) is 61.6 Å². The number of amides is 1. The minimum Gasteiger partial charge on any atom is -0.397 e. The molecule has 88 valence electrons. The fraction of sp³-hybridized carbons (Fsp3) is 0.500. The third-order valence-electron chi connectivity index (χ3n) is 2.66. The number of rotatable bonds is 2. The number of thiophene rings is 1. The maximum Gasteiger partial charge on any atom is 0.277 e. The molecule has 2 heterocycles. The summed E-state index contributed by atoms with van der Waals surface area (Å²) in [7, 11) is 2.08. The number of nitrogen functional groups attached to an aromatic ring is 1. The lowest BCUT2D eigenvalue weighted by atomic mass is 10.3. The van der Waals surface area contributed by atoms with Crippen LogP contribution in [0, 0.1) is 0 Å². The van der Waals surface area contributed by atoms with Crippen molar-refractivity contribution in [2.75, 3.05) is 39.0 Å². The highest BCUT2D eigenvalue weighted by Gasteiger charge is 2.18. The van der Waals surface area contributed by atoms with E-state index in [1.54, 1.807) is 6.07 Å². The predicted octanol–water partition coefficient (Wildman–Crippen LogP) is 0.222. The van der Waals surface area contributed by atoms with Gasteiger partial charge in [-0.15, -0.1) is 11.3 Å². The van der Waals surface area contributed by atoms with E-state index in [1.807, 2.05) is 10.4 Å². The summed E-state index contributed by atoms with van der Waals surface area (Å²) in [4.78, 5) is 14.7. The number of hydrazine groups is 1. The molecule has 0 radical (unpaired) electrons. The van der Waals surface area contributed by atoms with Crippen molar-refractivity contribution in [3.05, 3.63) is 16.3 Å². The van der Waals surface area contributed by atoms with E-state index >= 15 is 0 Å². The zero-order valence-corrected chi connectivity index (χ0v) is 10.1. The van der Waals surface area contributed by atoms with Crippen molar-refractivity contribution in [1.29, 1.82) is 0 Å². The Labute approximate surface area is 98.8 Å². The maximum atomic E-state index is 11.8. The first-order valence-electron chi connectivity index (χ1n) is 5.24. The number of nitrogens with two attached hydrogens (primary N) is 1. The van der Waals surface area contributed by atoms with Crippen LogP contribution in [0.5, 0.6) is 0 Å². The normalized spacial score (nSPS) is 18.6. The van der Waals surface area contributed by atoms with Crippen molar-refractivity contribution in [3.8, 4) is 0 Å². The number of likely N-dealkylation sites (N-methyl/N-ethyl adjacent to an activating group) is 1. The first-order chi connectivity index (χ1) is 7.66. The maximum absolute atomic E-state index is 11.8. The largest absolute Gasteiger partial charge is 0.397 e. The number of nitrogens with one attached hydrogen (secondary N) is 1. The van der Waals surface area contributed by atoms with E-state index in [4.69, 9.17) is 5.73 Å². The van der Waals surface area contributed by atoms with Gasteiger partial charge in [-0.1, -0.05) is 0 Å². The van der Waals surface area contributed by atoms with E-state index < -0.39 is 0 Å². The molecule has 1 aliphatic rings. The first kappa shape index (κ1) is 11.4. The highest BCUT2D eigenvalue weighted by atomic mass is 32.1. The van der Waals surface area contributed by atoms with Gasteiger partial charge in [0.15, 0.2) is 0 Å². The molecule has 3 N–H and O–H groups in total. The van der Waals surface area contributed by atoms with E-state index in [9.17, 15) is 4.79 Å². The number of anilines is 1. The summed E-state index contributed by atoms with van der Waals surface area (Å²) in [6, 6.07) is 1.75. The molecular weight excluding hydrogens is 224 g/mol. The molecule has 0 bridgehead atoms. The highest BCUT2D eigenvalue weighted by Crippen LogP contribution is 2.18. The molecule has 0 aromatic carbocycles. The third kappa shape index (κ3) is 2.52. The molecular formula is C10H16N4OS. The second-order valence-electron chi connectivity index (χ2n) is 3.94. The summed E-state index contributed by atoms with van der Waals surface area (Å²) in [5.41, 5.74) is 9.12. The summed E-state index contributed by atoms with van der Waals surface area (Å²) >= 11 is 1.37. The Morgan fingerprint density at radius 3 is 2.69 bits per heavy atom. The molecule has 1 aromatic rings. The summed E-state index contributed by atoms with van der Waals surface area (Å²) < 4.78 is 0. The van der Waals surface area contributed by atoms with Crippen LogP contribution in [-0.2, 0) is 0 Å². The SMILES string of the molecule is CN1CCN(NC(=O)c2sccc2N)CC1. The van der Waals surface area contributed by atoms with Crippen LogP contribution < -0.4 is 11.2 Å². The number of carbonyl (C=O) groups is 1. The van der Waals surface area contributed by atoms with Crippen LogP contribution in [0.2, 0.25) is 0 Å². The van der Waals surface area contributed by atoms with Gasteiger partial charge in [0.25, 0.3) is 5.91 Å². The average molecular weight is 240 g/mol. The van der Waals surface area contributed by atoms with Gasteiger partial charge in [-0.05, 0) is 18.5 Å². The zero-order valence-electron chi connectivity index (χ0n) is 9.27. The Kier molecular flexibility index (Phi) is 3.42. The Bertz CT molecular complexity index is 371. The average Bonchev–Trinajstić information content (AvgIpc) is 2.68. The van der Waals surface area contributed by atoms with Crippen molar-refractivity contribution in [2.45, 2.75) is 0 Å². The van der Waals surface area contributed by atoms with Crippen LogP contribution in [0.25, 0.3) is 0 Å². The quantitative estimate of drug-likeness (QED) is 0.776. The van der Waals surface area contributed by atoms with E-state index in [-0.39, 0.29) is 5.91 Å². The monoisotopic (exact) mass is 240 g/mol. The van der Waals surface area contributed by atoms with Gasteiger partial charge in [-0.3, -0.25) is 10.2 Å².